The Morgan fingerprint density at radius 2 is 0.959 bits per heavy atom. The zero-order valence-corrected chi connectivity index (χ0v) is 65.9. The maximum atomic E-state index is 13.7. The minimum Gasteiger partial charge on any atom is -1.00 e. The average molecular weight is 1610 g/mol. The Labute approximate surface area is 631 Å². The van der Waals surface area contributed by atoms with Crippen LogP contribution in [-0.4, -0.2) is 140 Å². The summed E-state index contributed by atoms with van der Waals surface area (Å²) < 4.78 is 68.7. The third-order valence-corrected chi connectivity index (χ3v) is 16.1. The SMILES string of the molecule is C/C(=C\C(=O)c1ccc2c(c1)COC21CN(C(=O)OC(C)(C)C)C1)c1cc(Cl)c(F)c(Cl)c1.CC(C)(C)OC(=O)N1CC2(C1)OCc1cc(Br)ccc12.CCOC(=O)/C=C(\C)c1cc(Cl)c(F)c(Cl)c1.CNOC.CON(C)C(=O)/C=C(\C)c1cc(Cl)c(F)c(Cl)c1.C[CH-]C.[Br-].[Mg+2]. The fraction of sp³-hybridized carbons (Fsp3) is 0.391. The second-order valence-electron chi connectivity index (χ2n) is 23.8. The van der Waals surface area contributed by atoms with Crippen molar-refractivity contribution in [1.29, 1.82) is 0 Å². The van der Waals surface area contributed by atoms with Gasteiger partial charge in [-0.05, 0) is 186 Å². The Morgan fingerprint density at radius 1 is 0.619 bits per heavy atom. The van der Waals surface area contributed by atoms with Crippen molar-refractivity contribution in [3.63, 3.8) is 0 Å². The van der Waals surface area contributed by atoms with Crippen LogP contribution in [0.2, 0.25) is 30.1 Å². The summed E-state index contributed by atoms with van der Waals surface area (Å²) in [6.07, 6.45) is 5.50. The second-order valence-corrected chi connectivity index (χ2v) is 27.1. The van der Waals surface area contributed by atoms with Crippen LogP contribution in [0.25, 0.3) is 16.7 Å². The number of halogens is 11. The van der Waals surface area contributed by atoms with Crippen molar-refractivity contribution in [1.82, 2.24) is 20.3 Å². The second kappa shape index (κ2) is 39.7. The average Bonchev–Trinajstić information content (AvgIpc) is 1.63. The molecule has 2 spiro atoms. The van der Waals surface area contributed by atoms with Crippen LogP contribution in [0.1, 0.15) is 132 Å². The molecule has 2 fully saturated rings. The molecule has 5 aromatic carbocycles. The van der Waals surface area contributed by atoms with Crippen molar-refractivity contribution in [2.75, 3.05) is 61.1 Å². The maximum absolute atomic E-state index is 13.7. The number of ether oxygens (including phenoxy) is 5. The van der Waals surface area contributed by atoms with Gasteiger partial charge in [0.05, 0.1) is 90.4 Å². The number of esters is 1. The van der Waals surface area contributed by atoms with E-state index in [1.54, 1.807) is 57.7 Å². The van der Waals surface area contributed by atoms with E-state index >= 15 is 0 Å². The van der Waals surface area contributed by atoms with Crippen molar-refractivity contribution in [3.05, 3.63) is 194 Å². The van der Waals surface area contributed by atoms with Crippen molar-refractivity contribution >= 4 is 155 Å². The standard InChI is InChI=1S/C25H24Cl2FNO4.C15H18BrNO3.C12H12Cl2FNO2.C12H11Cl2FO2.C3H7.C2H7NO.BrH.Mg/c1-14(16-9-19(26)22(28)20(27)10-16)7-21(30)15-5-6-18-17(8-15)11-32-25(18)12-29(13-25)23(31)33-24(2,3)4;1-14(2,3)20-13(18)17-8-15(9-17)12-5-4-11(16)6-10(12)7-19-15;1-7(4-11(17)16(2)18-3)8-5-9(13)12(15)10(14)6-8;1-3-17-11(16)4-7(2)8-5-9(13)12(15)10(14)6-8;1-3-2;1-3-4-2;;/h5-10H,11-13H2,1-4H3;4-6H,7-9H2,1-3H3;4-6H,1-3H3;4-6H,3H2,1-2H3;3H,1-2H3;3H,1-2H3;1H;/q;;;;-1;;;+2/p-1/b14-7+;;2*7-4+;;;;. The predicted octanol–water partition coefficient (Wildman–Crippen LogP) is 15.1. The van der Waals surface area contributed by atoms with Gasteiger partial charge in [0.1, 0.15) is 22.4 Å². The number of ketones is 1. The van der Waals surface area contributed by atoms with E-state index in [4.69, 9.17) is 98.1 Å². The summed E-state index contributed by atoms with van der Waals surface area (Å²) >= 11 is 37.9. The molecule has 3 amide bonds. The Hall–Kier alpha value is -4.47. The molecule has 16 nitrogen and oxygen atoms in total. The number of benzene rings is 5. The van der Waals surface area contributed by atoms with Gasteiger partial charge in [0, 0.05) is 36.3 Å². The van der Waals surface area contributed by atoms with Gasteiger partial charge in [-0.2, -0.15) is 13.8 Å². The van der Waals surface area contributed by atoms with Gasteiger partial charge >= 0.3 is 41.2 Å². The van der Waals surface area contributed by atoms with Crippen LogP contribution in [0.4, 0.5) is 22.8 Å². The molecule has 4 aliphatic rings. The summed E-state index contributed by atoms with van der Waals surface area (Å²) in [6.45, 7) is 25.2. The topological polar surface area (TPSA) is 172 Å². The third-order valence-electron chi connectivity index (χ3n) is 13.9. The van der Waals surface area contributed by atoms with Crippen LogP contribution in [0.15, 0.2) is 95.5 Å². The molecule has 0 aliphatic carbocycles. The minimum atomic E-state index is -0.685. The number of fused-ring (bicyclic) bond motifs is 4. The molecule has 28 heteroatoms. The van der Waals surface area contributed by atoms with Gasteiger partial charge in [-0.3, -0.25) is 14.4 Å². The van der Waals surface area contributed by atoms with E-state index in [2.05, 4.69) is 38.4 Å². The molecule has 4 aliphatic heterocycles. The van der Waals surface area contributed by atoms with Crippen molar-refractivity contribution in [2.45, 2.75) is 119 Å². The monoisotopic (exact) mass is 1600 g/mol. The van der Waals surface area contributed by atoms with E-state index in [1.165, 1.54) is 79.9 Å². The number of nitrogens with zero attached hydrogens (tertiary/aromatic N) is 3. The Morgan fingerprint density at radius 3 is 1.30 bits per heavy atom. The zero-order chi connectivity index (χ0) is 71.7. The van der Waals surface area contributed by atoms with Gasteiger partial charge in [-0.15, -0.1) is 0 Å². The number of rotatable bonds is 10. The van der Waals surface area contributed by atoms with E-state index < -0.39 is 40.2 Å². The smallest absolute Gasteiger partial charge is 1.00 e. The fourth-order valence-corrected chi connectivity index (χ4v) is 11.1. The van der Waals surface area contributed by atoms with E-state index in [9.17, 15) is 37.1 Å². The first kappa shape index (κ1) is 88.6. The molecule has 0 bridgehead atoms. The Kier molecular flexibility index (Phi) is 36.2. The van der Waals surface area contributed by atoms with Gasteiger partial charge in [-0.1, -0.05) is 104 Å². The normalized spacial score (nSPS) is 14.5. The van der Waals surface area contributed by atoms with Crippen molar-refractivity contribution in [3.8, 4) is 0 Å². The van der Waals surface area contributed by atoms with Crippen LogP contribution < -0.4 is 22.5 Å². The number of likely N-dealkylation sites (N-methyl/N-ethyl adjacent to an activating group) is 1. The van der Waals surface area contributed by atoms with E-state index in [0.29, 0.717) is 85.0 Å². The summed E-state index contributed by atoms with van der Waals surface area (Å²) in [4.78, 5) is 72.3. The molecule has 526 valence electrons. The van der Waals surface area contributed by atoms with E-state index in [-0.39, 0.29) is 99.6 Å². The number of amides is 3. The van der Waals surface area contributed by atoms with Crippen LogP contribution in [0.3, 0.4) is 0 Å². The van der Waals surface area contributed by atoms with Crippen LogP contribution >= 0.6 is 85.5 Å². The molecular weight excluding hydrogens is 1530 g/mol. The fourth-order valence-electron chi connectivity index (χ4n) is 9.21. The van der Waals surface area contributed by atoms with Gasteiger partial charge < -0.3 is 61.7 Å². The number of carbonyl (C=O) groups is 5. The molecule has 0 aromatic heterocycles. The molecule has 0 atom stereocenters. The van der Waals surface area contributed by atoms with Gasteiger partial charge in [0.25, 0.3) is 5.91 Å². The predicted molar refractivity (Wildman–Crippen MR) is 378 cm³/mol. The molecule has 4 heterocycles. The molecule has 0 saturated carbocycles. The summed E-state index contributed by atoms with van der Waals surface area (Å²) in [5, 5.41) is 0.539. The number of likely N-dealkylation sites (tertiary alicyclic amines) is 2. The molecule has 5 aromatic rings. The number of carbonyl (C=O) groups excluding carboxylic acids is 5. The van der Waals surface area contributed by atoms with Crippen molar-refractivity contribution in [2.24, 2.45) is 0 Å². The third kappa shape index (κ3) is 25.5. The van der Waals surface area contributed by atoms with Crippen LogP contribution in [0, 0.1) is 23.9 Å². The quantitative estimate of drug-likeness (QED) is 0.0205. The number of hydroxylamine groups is 3. The molecule has 0 radical (unpaired) electrons. The number of hydrogen-bond donors (Lipinski definition) is 1. The van der Waals surface area contributed by atoms with E-state index in [0.717, 1.165) is 20.7 Å². The first-order valence-corrected chi connectivity index (χ1v) is 32.5. The van der Waals surface area contributed by atoms with E-state index in [1.807, 2.05) is 80.0 Å². The summed E-state index contributed by atoms with van der Waals surface area (Å²) in [5.74, 6) is -3.02. The van der Waals surface area contributed by atoms with Gasteiger partial charge in [0.15, 0.2) is 23.2 Å². The largest absolute Gasteiger partial charge is 2.00 e. The number of hydrogen-bond acceptors (Lipinski definition) is 13. The summed E-state index contributed by atoms with van der Waals surface area (Å²) in [7, 11) is 6.14. The molecular formula is C69H79Br2Cl6F3MgN4O12. The van der Waals surface area contributed by atoms with Gasteiger partial charge in [-0.25, -0.2) is 38.1 Å². The van der Waals surface area contributed by atoms with Crippen LogP contribution in [-0.2, 0) is 67.4 Å². The van der Waals surface area contributed by atoms with Gasteiger partial charge in [0.2, 0.25) is 0 Å². The zero-order valence-electron chi connectivity index (χ0n) is 56.8. The summed E-state index contributed by atoms with van der Waals surface area (Å²) in [5.41, 5.74) is 8.88. The molecule has 0 unspecified atom stereocenters. The maximum Gasteiger partial charge on any atom is 2.00 e. The Balaban J connectivity index is 0.000000438. The van der Waals surface area contributed by atoms with Crippen LogP contribution in [0.5, 0.6) is 0 Å². The molecule has 9 rings (SSSR count). The molecule has 1 N–H and O–H groups in total. The Bertz CT molecular complexity index is 3620. The molecule has 97 heavy (non-hydrogen) atoms. The van der Waals surface area contributed by atoms with Crippen molar-refractivity contribution < 1.29 is 87.5 Å². The minimum absolute atomic E-state index is 0. The molecule has 2 saturated heterocycles. The number of nitrogens with one attached hydrogen (secondary N) is 1. The number of allylic oxidation sites excluding steroid dienone is 4. The first-order valence-electron chi connectivity index (χ1n) is 29.4. The first-order chi connectivity index (χ1) is 44.3. The summed E-state index contributed by atoms with van der Waals surface area (Å²) in [6, 6.07) is 20.2.